The Kier molecular flexibility index (Phi) is 5.41. The summed E-state index contributed by atoms with van der Waals surface area (Å²) >= 11 is 0. The molecule has 1 aliphatic rings. The summed E-state index contributed by atoms with van der Waals surface area (Å²) in [7, 11) is 2.07. The Bertz CT molecular complexity index is 357. The van der Waals surface area contributed by atoms with E-state index in [4.69, 9.17) is 0 Å². The van der Waals surface area contributed by atoms with Crippen molar-refractivity contribution in [3.63, 3.8) is 0 Å². The number of nitrogens with one attached hydrogen (secondary N) is 1. The number of rotatable bonds is 8. The third-order valence-electron chi connectivity index (χ3n) is 3.92. The van der Waals surface area contributed by atoms with Crippen LogP contribution in [0.15, 0.2) is 30.3 Å². The molecule has 2 nitrogen and oxygen atoms in total. The van der Waals surface area contributed by atoms with E-state index in [-0.39, 0.29) is 0 Å². The summed E-state index contributed by atoms with van der Waals surface area (Å²) in [4.78, 5) is 2.69. The molecule has 0 bridgehead atoms. The third kappa shape index (κ3) is 4.63. The predicted molar refractivity (Wildman–Crippen MR) is 82.3 cm³/mol. The topological polar surface area (TPSA) is 15.3 Å². The maximum absolute atomic E-state index is 3.46. The molecule has 0 aromatic heterocycles. The van der Waals surface area contributed by atoms with Gasteiger partial charge in [0.05, 0.1) is 0 Å². The van der Waals surface area contributed by atoms with Gasteiger partial charge in [0.2, 0.25) is 0 Å². The van der Waals surface area contributed by atoms with Gasteiger partial charge < -0.3 is 10.2 Å². The standard InChI is InChI=1S/C17H28N2/c1-14(2)13-19(16-9-10-16)12-11-17(18-3)15-7-5-4-6-8-15/h4-8,14,16-18H,9-13H2,1-3H3. The van der Waals surface area contributed by atoms with Gasteiger partial charge in [0.15, 0.2) is 0 Å². The molecule has 0 spiro atoms. The van der Waals surface area contributed by atoms with Gasteiger partial charge >= 0.3 is 0 Å². The van der Waals surface area contributed by atoms with Gasteiger partial charge in [0.1, 0.15) is 0 Å². The Labute approximate surface area is 118 Å². The lowest BCUT2D eigenvalue weighted by Gasteiger charge is -2.26. The average Bonchev–Trinajstić information content (AvgIpc) is 3.23. The van der Waals surface area contributed by atoms with Gasteiger partial charge in [0.25, 0.3) is 0 Å². The fourth-order valence-corrected chi connectivity index (χ4v) is 2.79. The van der Waals surface area contributed by atoms with Crippen LogP contribution in [0, 0.1) is 5.92 Å². The fraction of sp³-hybridized carbons (Fsp3) is 0.647. The summed E-state index contributed by atoms with van der Waals surface area (Å²) in [5.41, 5.74) is 1.41. The predicted octanol–water partition coefficient (Wildman–Crippen LogP) is 3.46. The number of hydrogen-bond donors (Lipinski definition) is 1. The summed E-state index contributed by atoms with van der Waals surface area (Å²) in [5, 5.41) is 3.46. The Hall–Kier alpha value is -0.860. The average molecular weight is 260 g/mol. The van der Waals surface area contributed by atoms with Crippen molar-refractivity contribution in [1.29, 1.82) is 0 Å². The van der Waals surface area contributed by atoms with Crippen molar-refractivity contribution in [3.05, 3.63) is 35.9 Å². The van der Waals surface area contributed by atoms with Crippen LogP contribution in [-0.2, 0) is 0 Å². The minimum Gasteiger partial charge on any atom is -0.313 e. The molecule has 1 N–H and O–H groups in total. The SMILES string of the molecule is CNC(CCN(CC(C)C)C1CC1)c1ccccc1. The molecule has 1 aromatic rings. The van der Waals surface area contributed by atoms with E-state index in [1.807, 2.05) is 0 Å². The van der Waals surface area contributed by atoms with Crippen molar-refractivity contribution in [2.24, 2.45) is 5.92 Å². The van der Waals surface area contributed by atoms with Crippen molar-refractivity contribution in [3.8, 4) is 0 Å². The molecular weight excluding hydrogens is 232 g/mol. The third-order valence-corrected chi connectivity index (χ3v) is 3.92. The van der Waals surface area contributed by atoms with Crippen molar-refractivity contribution in [2.45, 2.75) is 45.2 Å². The van der Waals surface area contributed by atoms with Crippen LogP contribution in [0.5, 0.6) is 0 Å². The van der Waals surface area contributed by atoms with Crippen LogP contribution in [0.2, 0.25) is 0 Å². The molecule has 0 amide bonds. The van der Waals surface area contributed by atoms with Crippen molar-refractivity contribution in [1.82, 2.24) is 10.2 Å². The van der Waals surface area contributed by atoms with E-state index in [1.54, 1.807) is 0 Å². The van der Waals surface area contributed by atoms with E-state index >= 15 is 0 Å². The number of hydrogen-bond acceptors (Lipinski definition) is 2. The zero-order valence-electron chi connectivity index (χ0n) is 12.6. The maximum Gasteiger partial charge on any atom is 0.0329 e. The number of nitrogens with zero attached hydrogens (tertiary/aromatic N) is 1. The summed E-state index contributed by atoms with van der Waals surface area (Å²) < 4.78 is 0. The lowest BCUT2D eigenvalue weighted by molar-refractivity contribution is 0.223. The van der Waals surface area contributed by atoms with Crippen LogP contribution < -0.4 is 5.32 Å². The minimum absolute atomic E-state index is 0.481. The molecule has 0 aliphatic heterocycles. The van der Waals surface area contributed by atoms with Gasteiger partial charge in [-0.3, -0.25) is 0 Å². The lowest BCUT2D eigenvalue weighted by Crippen LogP contribution is -2.33. The van der Waals surface area contributed by atoms with Gasteiger partial charge in [-0.15, -0.1) is 0 Å². The largest absolute Gasteiger partial charge is 0.313 e. The normalized spacial score (nSPS) is 17.1. The first kappa shape index (κ1) is 14.5. The Morgan fingerprint density at radius 2 is 1.89 bits per heavy atom. The van der Waals surface area contributed by atoms with Gasteiger partial charge in [-0.1, -0.05) is 44.2 Å². The smallest absolute Gasteiger partial charge is 0.0329 e. The molecule has 2 rings (SSSR count). The van der Waals surface area contributed by atoms with Gasteiger partial charge in [-0.2, -0.15) is 0 Å². The second-order valence-corrected chi connectivity index (χ2v) is 6.16. The van der Waals surface area contributed by atoms with E-state index in [0.29, 0.717) is 6.04 Å². The molecule has 1 atom stereocenters. The van der Waals surface area contributed by atoms with Crippen molar-refractivity contribution < 1.29 is 0 Å². The zero-order chi connectivity index (χ0) is 13.7. The van der Waals surface area contributed by atoms with Crippen molar-refractivity contribution >= 4 is 0 Å². The molecule has 0 saturated heterocycles. The molecule has 1 aromatic carbocycles. The molecule has 1 fully saturated rings. The Morgan fingerprint density at radius 1 is 1.21 bits per heavy atom. The first-order chi connectivity index (χ1) is 9.20. The number of benzene rings is 1. The molecule has 2 heteroatoms. The summed E-state index contributed by atoms with van der Waals surface area (Å²) in [5.74, 6) is 0.769. The van der Waals surface area contributed by atoms with Crippen LogP contribution in [-0.4, -0.2) is 31.1 Å². The van der Waals surface area contributed by atoms with E-state index in [2.05, 4.69) is 61.4 Å². The minimum atomic E-state index is 0.481. The highest BCUT2D eigenvalue weighted by Gasteiger charge is 2.29. The second-order valence-electron chi connectivity index (χ2n) is 6.16. The van der Waals surface area contributed by atoms with Gasteiger partial charge in [-0.05, 0) is 37.8 Å². The Balaban J connectivity index is 1.87. The van der Waals surface area contributed by atoms with E-state index in [1.165, 1.54) is 37.9 Å². The monoisotopic (exact) mass is 260 g/mol. The molecule has 0 heterocycles. The van der Waals surface area contributed by atoms with Crippen LogP contribution in [0.4, 0.5) is 0 Å². The van der Waals surface area contributed by atoms with Gasteiger partial charge in [0, 0.05) is 25.2 Å². The first-order valence-corrected chi connectivity index (χ1v) is 7.67. The van der Waals surface area contributed by atoms with Crippen LogP contribution in [0.1, 0.15) is 44.7 Å². The van der Waals surface area contributed by atoms with Crippen molar-refractivity contribution in [2.75, 3.05) is 20.1 Å². The van der Waals surface area contributed by atoms with Crippen LogP contribution in [0.3, 0.4) is 0 Å². The van der Waals surface area contributed by atoms with Gasteiger partial charge in [-0.25, -0.2) is 0 Å². The summed E-state index contributed by atoms with van der Waals surface area (Å²) in [6.07, 6.45) is 4.01. The Morgan fingerprint density at radius 3 is 2.42 bits per heavy atom. The summed E-state index contributed by atoms with van der Waals surface area (Å²) in [6, 6.07) is 12.2. The zero-order valence-corrected chi connectivity index (χ0v) is 12.6. The van der Waals surface area contributed by atoms with E-state index < -0.39 is 0 Å². The summed E-state index contributed by atoms with van der Waals surface area (Å²) in [6.45, 7) is 7.10. The molecular formula is C17H28N2. The molecule has 0 radical (unpaired) electrons. The quantitative estimate of drug-likeness (QED) is 0.770. The molecule has 19 heavy (non-hydrogen) atoms. The molecule has 1 aliphatic carbocycles. The second kappa shape index (κ2) is 7.06. The molecule has 1 unspecified atom stereocenters. The highest BCUT2D eigenvalue weighted by molar-refractivity contribution is 5.18. The molecule has 106 valence electrons. The highest BCUT2D eigenvalue weighted by atomic mass is 15.2. The first-order valence-electron chi connectivity index (χ1n) is 7.67. The lowest BCUT2D eigenvalue weighted by atomic mass is 10.0. The van der Waals surface area contributed by atoms with E-state index in [9.17, 15) is 0 Å². The highest BCUT2D eigenvalue weighted by Crippen LogP contribution is 2.28. The maximum atomic E-state index is 3.46. The fourth-order valence-electron chi connectivity index (χ4n) is 2.79. The van der Waals surface area contributed by atoms with E-state index in [0.717, 1.165) is 12.0 Å². The molecule has 1 saturated carbocycles. The van der Waals surface area contributed by atoms with Crippen LogP contribution in [0.25, 0.3) is 0 Å². The van der Waals surface area contributed by atoms with Crippen LogP contribution >= 0.6 is 0 Å².